The van der Waals surface area contributed by atoms with Crippen LogP contribution in [0.5, 0.6) is 0 Å². The Morgan fingerprint density at radius 3 is 1.36 bits per heavy atom. The Balaban J connectivity index is 1.04. The highest BCUT2D eigenvalue weighted by Gasteiger charge is 2.15. The van der Waals surface area contributed by atoms with Crippen molar-refractivity contribution < 1.29 is 4.42 Å². The van der Waals surface area contributed by atoms with Crippen LogP contribution in [0.15, 0.2) is 199 Å². The van der Waals surface area contributed by atoms with E-state index in [0.717, 1.165) is 55.6 Å². The largest absolute Gasteiger partial charge is 0.435 e. The summed E-state index contributed by atoms with van der Waals surface area (Å²) < 4.78 is 6.47. The maximum atomic E-state index is 6.47. The lowest BCUT2D eigenvalue weighted by molar-refractivity contribution is 0.623. The van der Waals surface area contributed by atoms with Gasteiger partial charge < -0.3 is 9.32 Å². The van der Waals surface area contributed by atoms with Gasteiger partial charge in [-0.05, 0) is 99.4 Å². The topological polar surface area (TPSA) is 29.3 Å². The molecule has 0 aliphatic rings. The Hall–Kier alpha value is -6.71. The number of benzene rings is 8. The predicted molar refractivity (Wildman–Crippen MR) is 208 cm³/mol. The first-order valence-electron chi connectivity index (χ1n) is 16.9. The third kappa shape index (κ3) is 5.61. The van der Waals surface area contributed by atoms with Gasteiger partial charge in [0.15, 0.2) is 5.58 Å². The molecule has 0 aliphatic carbocycles. The van der Waals surface area contributed by atoms with Gasteiger partial charge in [0.25, 0.3) is 0 Å². The van der Waals surface area contributed by atoms with E-state index < -0.39 is 0 Å². The number of aromatic nitrogens is 1. The fourth-order valence-corrected chi connectivity index (χ4v) is 6.70. The van der Waals surface area contributed by atoms with Gasteiger partial charge in [-0.15, -0.1) is 0 Å². The van der Waals surface area contributed by atoms with E-state index in [4.69, 9.17) is 9.40 Å². The van der Waals surface area contributed by atoms with E-state index in [-0.39, 0.29) is 0 Å². The van der Waals surface area contributed by atoms with Gasteiger partial charge in [-0.25, -0.2) is 4.98 Å². The van der Waals surface area contributed by atoms with Crippen LogP contribution in [0.3, 0.4) is 0 Å². The van der Waals surface area contributed by atoms with Gasteiger partial charge in [0, 0.05) is 28.0 Å². The Bertz CT molecular complexity index is 2540. The van der Waals surface area contributed by atoms with Crippen LogP contribution in [0.4, 0.5) is 17.1 Å². The maximum Gasteiger partial charge on any atom is 0.227 e. The number of rotatable bonds is 7. The van der Waals surface area contributed by atoms with Crippen LogP contribution in [0, 0.1) is 0 Å². The highest BCUT2D eigenvalue weighted by molar-refractivity contribution is 6.05. The first kappa shape index (κ1) is 29.4. The predicted octanol–water partition coefficient (Wildman–Crippen LogP) is 13.1. The molecule has 0 radical (unpaired) electrons. The van der Waals surface area contributed by atoms with E-state index in [1.54, 1.807) is 0 Å². The van der Waals surface area contributed by atoms with E-state index >= 15 is 0 Å². The van der Waals surface area contributed by atoms with Gasteiger partial charge in [-0.2, -0.15) is 0 Å². The lowest BCUT2D eigenvalue weighted by Gasteiger charge is -2.26. The number of nitrogens with zero attached hydrogens (tertiary/aromatic N) is 2. The number of hydrogen-bond donors (Lipinski definition) is 0. The van der Waals surface area contributed by atoms with Crippen molar-refractivity contribution in [1.82, 2.24) is 4.98 Å². The first-order valence-corrected chi connectivity index (χ1v) is 16.9. The van der Waals surface area contributed by atoms with Crippen LogP contribution < -0.4 is 4.90 Å². The molecule has 8 aromatic carbocycles. The normalized spacial score (nSPS) is 11.2. The van der Waals surface area contributed by atoms with Crippen LogP contribution >= 0.6 is 0 Å². The number of hydrogen-bond acceptors (Lipinski definition) is 3. The van der Waals surface area contributed by atoms with Gasteiger partial charge in [-0.1, -0.05) is 133 Å². The van der Waals surface area contributed by atoms with Gasteiger partial charge >= 0.3 is 0 Å². The number of fused-ring (bicyclic) bond motifs is 3. The van der Waals surface area contributed by atoms with E-state index in [2.05, 4.69) is 181 Å². The Morgan fingerprint density at radius 2 is 0.780 bits per heavy atom. The minimum atomic E-state index is 0.625. The molecule has 9 rings (SSSR count). The number of oxazole rings is 1. The van der Waals surface area contributed by atoms with Gasteiger partial charge in [0.05, 0.1) is 0 Å². The minimum absolute atomic E-state index is 0.625. The molecule has 0 N–H and O–H groups in total. The molecular formula is C47H32N2O. The number of anilines is 3. The SMILES string of the molecule is c1ccc(-c2ccc(-c3nc4ccc5ccc(-c6ccc(N(c7ccccc7)c7ccc(-c8ccccc8)cc7)cc6)cc5c4o3)cc2)cc1. The Labute approximate surface area is 291 Å². The van der Waals surface area contributed by atoms with Crippen LogP contribution in [0.1, 0.15) is 0 Å². The Morgan fingerprint density at radius 1 is 0.360 bits per heavy atom. The highest BCUT2D eigenvalue weighted by atomic mass is 16.3. The molecule has 3 nitrogen and oxygen atoms in total. The molecule has 0 aliphatic heterocycles. The second-order valence-electron chi connectivity index (χ2n) is 12.4. The third-order valence-corrected chi connectivity index (χ3v) is 9.32. The zero-order valence-electron chi connectivity index (χ0n) is 27.3. The van der Waals surface area contributed by atoms with Crippen molar-refractivity contribution in [2.45, 2.75) is 0 Å². The molecule has 0 unspecified atom stereocenters. The second-order valence-corrected chi connectivity index (χ2v) is 12.4. The zero-order valence-corrected chi connectivity index (χ0v) is 27.3. The highest BCUT2D eigenvalue weighted by Crippen LogP contribution is 2.38. The standard InChI is InChI=1S/C47H32N2O/c1-4-10-33(11-5-1)35-16-19-39(20-17-35)47-48-45-31-26-38-18-21-40(32-44(38)46(45)50-47)37-24-29-43(30-25-37)49(41-14-8-3-9-15-41)42-27-22-36(23-28-42)34-12-6-2-7-13-34/h1-32H. The van der Waals surface area contributed by atoms with Crippen LogP contribution in [-0.4, -0.2) is 4.98 Å². The molecular weight excluding hydrogens is 609 g/mol. The molecule has 0 saturated carbocycles. The molecule has 3 heteroatoms. The third-order valence-electron chi connectivity index (χ3n) is 9.32. The van der Waals surface area contributed by atoms with Crippen LogP contribution in [0.2, 0.25) is 0 Å². The summed E-state index contributed by atoms with van der Waals surface area (Å²) in [5.74, 6) is 0.625. The van der Waals surface area contributed by atoms with E-state index in [0.29, 0.717) is 5.89 Å². The van der Waals surface area contributed by atoms with Crippen LogP contribution in [0.25, 0.3) is 66.7 Å². The molecule has 9 aromatic rings. The molecule has 1 heterocycles. The summed E-state index contributed by atoms with van der Waals surface area (Å²) in [4.78, 5) is 7.17. The lowest BCUT2D eigenvalue weighted by atomic mass is 10.00. The van der Waals surface area contributed by atoms with Gasteiger partial charge in [0.2, 0.25) is 5.89 Å². The molecule has 0 saturated heterocycles. The van der Waals surface area contributed by atoms with Crippen molar-refractivity contribution in [2.75, 3.05) is 4.90 Å². The van der Waals surface area contributed by atoms with Crippen molar-refractivity contribution in [1.29, 1.82) is 0 Å². The summed E-state index contributed by atoms with van der Waals surface area (Å²) in [7, 11) is 0. The summed E-state index contributed by atoms with van der Waals surface area (Å²) in [6.45, 7) is 0. The first-order chi connectivity index (χ1) is 24.8. The van der Waals surface area contributed by atoms with E-state index in [1.165, 1.54) is 22.3 Å². The van der Waals surface area contributed by atoms with E-state index in [9.17, 15) is 0 Å². The van der Waals surface area contributed by atoms with Gasteiger partial charge in [0.1, 0.15) is 5.52 Å². The number of para-hydroxylation sites is 1. The average molecular weight is 641 g/mol. The van der Waals surface area contributed by atoms with Crippen molar-refractivity contribution in [3.05, 3.63) is 194 Å². The lowest BCUT2D eigenvalue weighted by Crippen LogP contribution is -2.09. The Kier molecular flexibility index (Phi) is 7.49. The summed E-state index contributed by atoms with van der Waals surface area (Å²) in [6, 6.07) is 68.1. The summed E-state index contributed by atoms with van der Waals surface area (Å²) in [5.41, 5.74) is 12.9. The zero-order chi connectivity index (χ0) is 33.3. The second kappa shape index (κ2) is 12.7. The van der Waals surface area contributed by atoms with Crippen molar-refractivity contribution in [3.63, 3.8) is 0 Å². The fraction of sp³-hybridized carbons (Fsp3) is 0. The molecule has 0 amide bonds. The minimum Gasteiger partial charge on any atom is -0.435 e. The van der Waals surface area contributed by atoms with E-state index in [1.807, 2.05) is 18.2 Å². The average Bonchev–Trinajstić information content (AvgIpc) is 3.65. The molecule has 0 atom stereocenters. The quantitative estimate of drug-likeness (QED) is 0.174. The molecule has 236 valence electrons. The van der Waals surface area contributed by atoms with Crippen molar-refractivity contribution >= 4 is 38.9 Å². The maximum absolute atomic E-state index is 6.47. The van der Waals surface area contributed by atoms with Crippen LogP contribution in [-0.2, 0) is 0 Å². The van der Waals surface area contributed by atoms with Crippen molar-refractivity contribution in [3.8, 4) is 44.8 Å². The summed E-state index contributed by atoms with van der Waals surface area (Å²) >= 11 is 0. The monoisotopic (exact) mass is 640 g/mol. The smallest absolute Gasteiger partial charge is 0.227 e. The summed E-state index contributed by atoms with van der Waals surface area (Å²) in [6.07, 6.45) is 0. The fourth-order valence-electron chi connectivity index (χ4n) is 6.70. The molecule has 50 heavy (non-hydrogen) atoms. The molecule has 0 fully saturated rings. The summed E-state index contributed by atoms with van der Waals surface area (Å²) in [5, 5.41) is 2.17. The van der Waals surface area contributed by atoms with Crippen molar-refractivity contribution in [2.24, 2.45) is 0 Å². The van der Waals surface area contributed by atoms with Gasteiger partial charge in [-0.3, -0.25) is 0 Å². The molecule has 0 bridgehead atoms. The molecule has 1 aromatic heterocycles. The molecule has 0 spiro atoms.